The van der Waals surface area contributed by atoms with Crippen LogP contribution in [0.1, 0.15) is 52.4 Å². The Balaban J connectivity index is 1.98. The van der Waals surface area contributed by atoms with Gasteiger partial charge in [-0.25, -0.2) is 0 Å². The van der Waals surface area contributed by atoms with Crippen molar-refractivity contribution in [2.45, 2.75) is 70.5 Å². The van der Waals surface area contributed by atoms with Crippen molar-refractivity contribution in [1.82, 2.24) is 4.90 Å². The lowest BCUT2D eigenvalue weighted by Gasteiger charge is -2.48. The summed E-state index contributed by atoms with van der Waals surface area (Å²) in [5.74, 6) is 0. The fourth-order valence-corrected chi connectivity index (χ4v) is 3.08. The van der Waals surface area contributed by atoms with E-state index in [4.69, 9.17) is 5.73 Å². The molecule has 88 valence electrons. The second kappa shape index (κ2) is 4.06. The molecule has 2 fully saturated rings. The van der Waals surface area contributed by atoms with Crippen molar-refractivity contribution >= 4 is 0 Å². The average Bonchev–Trinajstić information content (AvgIpc) is 2.06. The van der Waals surface area contributed by atoms with Crippen LogP contribution in [0.2, 0.25) is 0 Å². The van der Waals surface area contributed by atoms with Crippen LogP contribution in [-0.2, 0) is 0 Å². The summed E-state index contributed by atoms with van der Waals surface area (Å²) in [7, 11) is 2.29. The molecule has 2 aliphatic rings. The standard InChI is InChI=1S/C13H26N2/c1-13(2)8-7-11(14)12(9-13)15(3)10-5-4-6-10/h10-12H,4-9,14H2,1-3H3. The van der Waals surface area contributed by atoms with E-state index in [0.29, 0.717) is 17.5 Å². The van der Waals surface area contributed by atoms with Crippen molar-refractivity contribution in [2.75, 3.05) is 7.05 Å². The number of nitrogens with two attached hydrogens (primary N) is 1. The Morgan fingerprint density at radius 3 is 2.40 bits per heavy atom. The van der Waals surface area contributed by atoms with Crippen LogP contribution in [0.4, 0.5) is 0 Å². The largest absolute Gasteiger partial charge is 0.326 e. The van der Waals surface area contributed by atoms with E-state index >= 15 is 0 Å². The summed E-state index contributed by atoms with van der Waals surface area (Å²) in [6.45, 7) is 4.78. The van der Waals surface area contributed by atoms with Gasteiger partial charge in [0.1, 0.15) is 0 Å². The van der Waals surface area contributed by atoms with Crippen LogP contribution >= 0.6 is 0 Å². The molecule has 2 nitrogen and oxygen atoms in total. The van der Waals surface area contributed by atoms with Gasteiger partial charge < -0.3 is 5.73 Å². The van der Waals surface area contributed by atoms with E-state index in [9.17, 15) is 0 Å². The quantitative estimate of drug-likeness (QED) is 0.758. The number of hydrogen-bond acceptors (Lipinski definition) is 2. The highest BCUT2D eigenvalue weighted by molar-refractivity contribution is 4.95. The molecule has 2 atom stereocenters. The van der Waals surface area contributed by atoms with Crippen LogP contribution < -0.4 is 5.73 Å². The fourth-order valence-electron chi connectivity index (χ4n) is 3.08. The van der Waals surface area contributed by atoms with Gasteiger partial charge in [0, 0.05) is 18.1 Å². The average molecular weight is 210 g/mol. The predicted molar refractivity (Wildman–Crippen MR) is 64.8 cm³/mol. The van der Waals surface area contributed by atoms with Crippen molar-refractivity contribution in [2.24, 2.45) is 11.1 Å². The van der Waals surface area contributed by atoms with E-state index in [1.807, 2.05) is 0 Å². The summed E-state index contributed by atoms with van der Waals surface area (Å²) in [5, 5.41) is 0. The molecular formula is C13H26N2. The number of hydrogen-bond donors (Lipinski definition) is 1. The molecule has 2 N–H and O–H groups in total. The molecule has 0 aromatic carbocycles. The smallest absolute Gasteiger partial charge is 0.0252 e. The van der Waals surface area contributed by atoms with Crippen LogP contribution in [0.15, 0.2) is 0 Å². The maximum atomic E-state index is 6.28. The van der Waals surface area contributed by atoms with Crippen LogP contribution in [-0.4, -0.2) is 30.1 Å². The second-order valence-electron chi connectivity index (χ2n) is 6.39. The van der Waals surface area contributed by atoms with E-state index in [-0.39, 0.29) is 0 Å². The lowest BCUT2D eigenvalue weighted by atomic mass is 9.72. The molecular weight excluding hydrogens is 184 g/mol. The lowest BCUT2D eigenvalue weighted by Crippen LogP contribution is -2.55. The zero-order valence-corrected chi connectivity index (χ0v) is 10.5. The second-order valence-corrected chi connectivity index (χ2v) is 6.39. The first-order chi connectivity index (χ1) is 6.99. The monoisotopic (exact) mass is 210 g/mol. The Morgan fingerprint density at radius 2 is 1.87 bits per heavy atom. The van der Waals surface area contributed by atoms with E-state index in [1.54, 1.807) is 0 Å². The number of likely N-dealkylation sites (N-methyl/N-ethyl adjacent to an activating group) is 1. The minimum absolute atomic E-state index is 0.406. The molecule has 0 aromatic rings. The molecule has 0 spiro atoms. The highest BCUT2D eigenvalue weighted by Crippen LogP contribution is 2.38. The van der Waals surface area contributed by atoms with Gasteiger partial charge in [-0.15, -0.1) is 0 Å². The molecule has 2 unspecified atom stereocenters. The van der Waals surface area contributed by atoms with Crippen LogP contribution in [0, 0.1) is 5.41 Å². The fraction of sp³-hybridized carbons (Fsp3) is 1.00. The van der Waals surface area contributed by atoms with Gasteiger partial charge >= 0.3 is 0 Å². The predicted octanol–water partition coefficient (Wildman–Crippen LogP) is 2.38. The first-order valence-corrected chi connectivity index (χ1v) is 6.47. The van der Waals surface area contributed by atoms with Gasteiger partial charge in [-0.05, 0) is 44.6 Å². The normalized spacial score (nSPS) is 36.6. The third kappa shape index (κ3) is 2.36. The van der Waals surface area contributed by atoms with Crippen molar-refractivity contribution in [3.63, 3.8) is 0 Å². The third-order valence-corrected chi connectivity index (χ3v) is 4.58. The highest BCUT2D eigenvalue weighted by atomic mass is 15.2. The maximum Gasteiger partial charge on any atom is 0.0252 e. The summed E-state index contributed by atoms with van der Waals surface area (Å²) in [6, 6.07) is 1.86. The molecule has 0 saturated heterocycles. The van der Waals surface area contributed by atoms with Crippen molar-refractivity contribution in [3.8, 4) is 0 Å². The summed E-state index contributed by atoms with van der Waals surface area (Å²) in [5.41, 5.74) is 6.77. The van der Waals surface area contributed by atoms with E-state index < -0.39 is 0 Å². The van der Waals surface area contributed by atoms with E-state index in [2.05, 4.69) is 25.8 Å². The van der Waals surface area contributed by atoms with Gasteiger partial charge in [0.2, 0.25) is 0 Å². The Kier molecular flexibility index (Phi) is 3.09. The topological polar surface area (TPSA) is 29.3 Å². The molecule has 0 aliphatic heterocycles. The minimum atomic E-state index is 0.406. The molecule has 15 heavy (non-hydrogen) atoms. The van der Waals surface area contributed by atoms with Crippen LogP contribution in [0.25, 0.3) is 0 Å². The molecule has 0 radical (unpaired) electrons. The Bertz CT molecular complexity index is 221. The third-order valence-electron chi connectivity index (χ3n) is 4.58. The lowest BCUT2D eigenvalue weighted by molar-refractivity contribution is 0.0395. The van der Waals surface area contributed by atoms with Gasteiger partial charge in [0.05, 0.1) is 0 Å². The zero-order chi connectivity index (χ0) is 11.1. The summed E-state index contributed by atoms with van der Waals surface area (Å²) in [6.07, 6.45) is 7.97. The van der Waals surface area contributed by atoms with Crippen molar-refractivity contribution in [1.29, 1.82) is 0 Å². The Morgan fingerprint density at radius 1 is 1.20 bits per heavy atom. The number of rotatable bonds is 2. The van der Waals surface area contributed by atoms with Gasteiger partial charge in [-0.2, -0.15) is 0 Å². The number of nitrogens with zero attached hydrogens (tertiary/aromatic N) is 1. The zero-order valence-electron chi connectivity index (χ0n) is 10.5. The Labute approximate surface area is 94.2 Å². The van der Waals surface area contributed by atoms with Crippen LogP contribution in [0.3, 0.4) is 0 Å². The van der Waals surface area contributed by atoms with Gasteiger partial charge in [0.15, 0.2) is 0 Å². The molecule has 2 aliphatic carbocycles. The van der Waals surface area contributed by atoms with E-state index in [0.717, 1.165) is 6.04 Å². The summed E-state index contributed by atoms with van der Waals surface area (Å²) >= 11 is 0. The molecule has 0 aromatic heterocycles. The molecule has 0 bridgehead atoms. The van der Waals surface area contributed by atoms with Crippen molar-refractivity contribution in [3.05, 3.63) is 0 Å². The maximum absolute atomic E-state index is 6.28. The van der Waals surface area contributed by atoms with Crippen molar-refractivity contribution < 1.29 is 0 Å². The minimum Gasteiger partial charge on any atom is -0.326 e. The molecule has 2 rings (SSSR count). The van der Waals surface area contributed by atoms with Crippen LogP contribution in [0.5, 0.6) is 0 Å². The molecule has 2 saturated carbocycles. The summed E-state index contributed by atoms with van der Waals surface area (Å²) in [4.78, 5) is 2.58. The Hall–Kier alpha value is -0.0800. The SMILES string of the molecule is CN(C1CCC1)C1CC(C)(C)CCC1N. The van der Waals surface area contributed by atoms with Gasteiger partial charge in [-0.1, -0.05) is 20.3 Å². The summed E-state index contributed by atoms with van der Waals surface area (Å²) < 4.78 is 0. The first-order valence-electron chi connectivity index (χ1n) is 6.47. The van der Waals surface area contributed by atoms with Gasteiger partial charge in [-0.3, -0.25) is 4.90 Å². The molecule has 0 heterocycles. The van der Waals surface area contributed by atoms with Gasteiger partial charge in [0.25, 0.3) is 0 Å². The van der Waals surface area contributed by atoms with E-state index in [1.165, 1.54) is 38.5 Å². The highest BCUT2D eigenvalue weighted by Gasteiger charge is 2.38. The molecule has 2 heteroatoms. The molecule has 0 amide bonds. The first kappa shape index (κ1) is 11.4.